The van der Waals surface area contributed by atoms with Gasteiger partial charge in [0.25, 0.3) is 0 Å². The summed E-state index contributed by atoms with van der Waals surface area (Å²) in [5.74, 6) is 0. The minimum atomic E-state index is 0.674. The molecule has 0 radical (unpaired) electrons. The van der Waals surface area contributed by atoms with E-state index in [-0.39, 0.29) is 0 Å². The van der Waals surface area contributed by atoms with Gasteiger partial charge >= 0.3 is 0 Å². The van der Waals surface area contributed by atoms with Crippen molar-refractivity contribution in [3.8, 4) is 34.0 Å². The first-order valence-electron chi connectivity index (χ1n) is 18.1. The van der Waals surface area contributed by atoms with E-state index in [0.717, 1.165) is 11.1 Å². The normalized spacial score (nSPS) is 11.8. The van der Waals surface area contributed by atoms with Crippen molar-refractivity contribution in [2.75, 3.05) is 0 Å². The summed E-state index contributed by atoms with van der Waals surface area (Å²) >= 11 is 0. The summed E-state index contributed by atoms with van der Waals surface area (Å²) in [6, 6.07) is 68.1. The molecular weight excluding hydrogens is 641 g/mol. The van der Waals surface area contributed by atoms with Gasteiger partial charge in [0.2, 0.25) is 0 Å². The first-order valence-corrected chi connectivity index (χ1v) is 18.1. The average molecular weight is 671 g/mol. The predicted molar refractivity (Wildman–Crippen MR) is 224 cm³/mol. The van der Waals surface area contributed by atoms with Crippen molar-refractivity contribution < 1.29 is 0 Å². The SMILES string of the molecule is N#Cc1ccc(-c2ccc3cc(-c4ccc5c(c4)c4ccccc4c4c5ccc5c4c4ccc6ccccc6c4n5-c4ccccc4)ccc3c2)cc1. The smallest absolute Gasteiger partial charge is 0.0991 e. The lowest BCUT2D eigenvalue weighted by Gasteiger charge is -2.14. The molecule has 0 aliphatic heterocycles. The molecule has 0 fully saturated rings. The fourth-order valence-electron chi connectivity index (χ4n) is 8.68. The Balaban J connectivity index is 1.14. The molecule has 0 saturated carbocycles. The maximum absolute atomic E-state index is 9.21. The number of benzene rings is 10. The number of hydrogen-bond acceptors (Lipinski definition) is 1. The molecular formula is C51H30N2. The molecule has 0 amide bonds. The summed E-state index contributed by atoms with van der Waals surface area (Å²) in [7, 11) is 0. The molecule has 2 nitrogen and oxygen atoms in total. The summed E-state index contributed by atoms with van der Waals surface area (Å²) in [4.78, 5) is 0. The molecule has 11 rings (SSSR count). The zero-order chi connectivity index (χ0) is 35.0. The number of fused-ring (bicyclic) bond motifs is 13. The van der Waals surface area contributed by atoms with Crippen molar-refractivity contribution in [2.45, 2.75) is 0 Å². The van der Waals surface area contributed by atoms with E-state index in [1.807, 2.05) is 24.3 Å². The third-order valence-electron chi connectivity index (χ3n) is 11.1. The van der Waals surface area contributed by atoms with E-state index in [9.17, 15) is 5.26 Å². The van der Waals surface area contributed by atoms with Gasteiger partial charge in [-0.2, -0.15) is 5.26 Å². The molecule has 0 spiro atoms. The van der Waals surface area contributed by atoms with Gasteiger partial charge in [-0.05, 0) is 114 Å². The van der Waals surface area contributed by atoms with Crippen LogP contribution in [0.3, 0.4) is 0 Å². The van der Waals surface area contributed by atoms with Crippen LogP contribution in [0.25, 0.3) is 104 Å². The Morgan fingerprint density at radius 3 is 1.68 bits per heavy atom. The van der Waals surface area contributed by atoms with Crippen LogP contribution in [0.15, 0.2) is 182 Å². The van der Waals surface area contributed by atoms with E-state index in [4.69, 9.17) is 0 Å². The van der Waals surface area contributed by atoms with Crippen molar-refractivity contribution in [1.82, 2.24) is 4.57 Å². The molecule has 0 N–H and O–H groups in total. The number of rotatable bonds is 3. The highest BCUT2D eigenvalue weighted by atomic mass is 15.0. The molecule has 0 aliphatic rings. The van der Waals surface area contributed by atoms with Crippen LogP contribution in [0.5, 0.6) is 0 Å². The first kappa shape index (κ1) is 29.5. The van der Waals surface area contributed by atoms with Crippen molar-refractivity contribution in [3.05, 3.63) is 188 Å². The quantitative estimate of drug-likeness (QED) is 0.172. The lowest BCUT2D eigenvalue weighted by atomic mass is 9.89. The largest absolute Gasteiger partial charge is 0.309 e. The number of nitrogens with zero attached hydrogens (tertiary/aromatic N) is 2. The van der Waals surface area contributed by atoms with Gasteiger partial charge in [0.15, 0.2) is 0 Å². The second-order valence-electron chi connectivity index (χ2n) is 14.0. The van der Waals surface area contributed by atoms with Gasteiger partial charge in [0.05, 0.1) is 22.7 Å². The predicted octanol–water partition coefficient (Wildman–Crippen LogP) is 13.8. The summed E-state index contributed by atoms with van der Waals surface area (Å²) < 4.78 is 2.46. The second-order valence-corrected chi connectivity index (χ2v) is 14.0. The van der Waals surface area contributed by atoms with Crippen molar-refractivity contribution in [3.63, 3.8) is 0 Å². The molecule has 11 aromatic rings. The van der Waals surface area contributed by atoms with Crippen LogP contribution in [-0.2, 0) is 0 Å². The Morgan fingerprint density at radius 2 is 0.906 bits per heavy atom. The van der Waals surface area contributed by atoms with Crippen molar-refractivity contribution in [1.29, 1.82) is 5.26 Å². The first-order chi connectivity index (χ1) is 26.2. The fraction of sp³-hybridized carbons (Fsp3) is 0. The Morgan fingerprint density at radius 1 is 0.358 bits per heavy atom. The monoisotopic (exact) mass is 670 g/mol. The third kappa shape index (κ3) is 4.45. The highest BCUT2D eigenvalue weighted by Gasteiger charge is 2.20. The van der Waals surface area contributed by atoms with Crippen LogP contribution in [0.1, 0.15) is 5.56 Å². The van der Waals surface area contributed by atoms with E-state index in [1.54, 1.807) is 0 Å². The minimum absolute atomic E-state index is 0.674. The molecule has 0 aliphatic carbocycles. The van der Waals surface area contributed by atoms with E-state index >= 15 is 0 Å². The van der Waals surface area contributed by atoms with Gasteiger partial charge in [-0.25, -0.2) is 0 Å². The Kier molecular flexibility index (Phi) is 6.35. The molecule has 0 saturated heterocycles. The fourth-order valence-corrected chi connectivity index (χ4v) is 8.68. The van der Waals surface area contributed by atoms with Crippen molar-refractivity contribution in [2.24, 2.45) is 0 Å². The van der Waals surface area contributed by atoms with Crippen LogP contribution >= 0.6 is 0 Å². The number of aromatic nitrogens is 1. The van der Waals surface area contributed by atoms with E-state index in [1.165, 1.54) is 92.5 Å². The molecule has 1 aromatic heterocycles. The Hall–Kier alpha value is -7.21. The molecule has 10 aromatic carbocycles. The average Bonchev–Trinajstić information content (AvgIpc) is 3.58. The van der Waals surface area contributed by atoms with Crippen molar-refractivity contribution >= 4 is 75.7 Å². The summed E-state index contributed by atoms with van der Waals surface area (Å²) in [6.07, 6.45) is 0. The molecule has 1 heterocycles. The second kappa shape index (κ2) is 11.4. The zero-order valence-electron chi connectivity index (χ0n) is 28.7. The standard InChI is InChI=1S/C51H30N2/c52-31-32-14-16-33(17-15-32)35-18-19-37-29-38(21-20-36(37)28-35)39-23-24-43-45-26-27-48-50(49(45)44-13-7-6-12-42(44)47(43)30-39)46-25-22-34-8-4-5-11-41(34)51(46)53(48)40-9-2-1-3-10-40/h1-30H. The molecule has 53 heavy (non-hydrogen) atoms. The van der Waals surface area contributed by atoms with Gasteiger partial charge in [0.1, 0.15) is 0 Å². The van der Waals surface area contributed by atoms with Crippen LogP contribution < -0.4 is 0 Å². The third-order valence-corrected chi connectivity index (χ3v) is 11.1. The lowest BCUT2D eigenvalue weighted by molar-refractivity contribution is 1.19. The summed E-state index contributed by atoms with van der Waals surface area (Å²) in [6.45, 7) is 0. The van der Waals surface area contributed by atoms with Gasteiger partial charge in [-0.3, -0.25) is 0 Å². The van der Waals surface area contributed by atoms with Gasteiger partial charge in [-0.1, -0.05) is 133 Å². The molecule has 0 unspecified atom stereocenters. The number of nitriles is 1. The topological polar surface area (TPSA) is 28.7 Å². The number of para-hydroxylation sites is 1. The number of hydrogen-bond donors (Lipinski definition) is 0. The maximum atomic E-state index is 9.21. The van der Waals surface area contributed by atoms with Crippen LogP contribution in [0.4, 0.5) is 0 Å². The Labute approximate surface area is 306 Å². The summed E-state index contributed by atoms with van der Waals surface area (Å²) in [5, 5.41) is 24.3. The van der Waals surface area contributed by atoms with E-state index in [0.29, 0.717) is 5.56 Å². The molecule has 0 atom stereocenters. The van der Waals surface area contributed by atoms with Crippen LogP contribution in [0, 0.1) is 11.3 Å². The van der Waals surface area contributed by atoms with Gasteiger partial charge in [-0.15, -0.1) is 0 Å². The van der Waals surface area contributed by atoms with Crippen LogP contribution in [0.2, 0.25) is 0 Å². The highest BCUT2D eigenvalue weighted by molar-refractivity contribution is 6.36. The minimum Gasteiger partial charge on any atom is -0.309 e. The zero-order valence-corrected chi connectivity index (χ0v) is 28.7. The van der Waals surface area contributed by atoms with Gasteiger partial charge < -0.3 is 4.57 Å². The maximum Gasteiger partial charge on any atom is 0.0991 e. The lowest BCUT2D eigenvalue weighted by Crippen LogP contribution is -1.94. The van der Waals surface area contributed by atoms with E-state index in [2.05, 4.69) is 168 Å². The van der Waals surface area contributed by atoms with E-state index < -0.39 is 0 Å². The molecule has 0 bridgehead atoms. The highest BCUT2D eigenvalue weighted by Crippen LogP contribution is 2.45. The molecule has 2 heteroatoms. The van der Waals surface area contributed by atoms with Gasteiger partial charge in [0, 0.05) is 27.2 Å². The van der Waals surface area contributed by atoms with Crippen LogP contribution in [-0.4, -0.2) is 4.57 Å². The molecule has 244 valence electrons. The Bertz CT molecular complexity index is 3310. The summed E-state index contributed by atoms with van der Waals surface area (Å²) in [5.41, 5.74) is 8.96.